The molecule has 0 aliphatic carbocycles. The molecule has 0 fully saturated rings. The number of para-hydroxylation sites is 4. The highest BCUT2D eigenvalue weighted by atomic mass is 15.2. The van der Waals surface area contributed by atoms with Crippen LogP contribution < -0.4 is 4.90 Å². The summed E-state index contributed by atoms with van der Waals surface area (Å²) in [6, 6.07) is 52.6. The first-order valence-corrected chi connectivity index (χ1v) is 15.0. The molecule has 8 aromatic rings. The van der Waals surface area contributed by atoms with Crippen LogP contribution in [-0.4, -0.2) is 14.7 Å². The standard InChI is InChI=1S/C40H33N3/c1-40(2,3)43(30-25-26-32-31-19-10-12-21-34(31)42(38(32)27-30)29-17-8-5-9-18-29)37-24-14-23-36-39(37)33-20-11-13-22-35(33)41(36)28-15-6-4-7-16-28/h4-27H,1-3H3. The Hall–Kier alpha value is -5.28. The Morgan fingerprint density at radius 1 is 0.442 bits per heavy atom. The molecule has 0 radical (unpaired) electrons. The van der Waals surface area contributed by atoms with Gasteiger partial charge in [0.15, 0.2) is 0 Å². The molecule has 0 saturated heterocycles. The minimum atomic E-state index is -0.193. The van der Waals surface area contributed by atoms with Gasteiger partial charge in [0.2, 0.25) is 0 Å². The minimum Gasteiger partial charge on any atom is -0.335 e. The van der Waals surface area contributed by atoms with Gasteiger partial charge in [0.05, 0.1) is 27.8 Å². The third-order valence-corrected chi connectivity index (χ3v) is 8.53. The SMILES string of the molecule is CC(C)(C)N(c1ccc2c3ccccc3n(-c3ccccc3)c2c1)c1cccc2c1c1ccccc1n2-c1ccccc1. The van der Waals surface area contributed by atoms with Crippen LogP contribution in [0.25, 0.3) is 55.0 Å². The number of nitrogens with zero attached hydrogens (tertiary/aromatic N) is 3. The van der Waals surface area contributed by atoms with E-state index >= 15 is 0 Å². The van der Waals surface area contributed by atoms with Gasteiger partial charge in [-0.1, -0.05) is 84.9 Å². The third kappa shape index (κ3) is 3.96. The van der Waals surface area contributed by atoms with E-state index in [1.807, 2.05) is 0 Å². The molecule has 0 amide bonds. The predicted octanol–water partition coefficient (Wildman–Crippen LogP) is 10.8. The van der Waals surface area contributed by atoms with E-state index in [0.717, 1.165) is 0 Å². The molecule has 3 heteroatoms. The van der Waals surface area contributed by atoms with Crippen molar-refractivity contribution in [3.63, 3.8) is 0 Å². The van der Waals surface area contributed by atoms with Gasteiger partial charge in [0, 0.05) is 44.1 Å². The number of anilines is 2. The first-order chi connectivity index (χ1) is 21.0. The van der Waals surface area contributed by atoms with Crippen LogP contribution in [0.1, 0.15) is 20.8 Å². The largest absolute Gasteiger partial charge is 0.335 e. The summed E-state index contributed by atoms with van der Waals surface area (Å²) in [5.41, 5.74) is 9.36. The van der Waals surface area contributed by atoms with Gasteiger partial charge < -0.3 is 14.0 Å². The van der Waals surface area contributed by atoms with E-state index in [-0.39, 0.29) is 5.54 Å². The van der Waals surface area contributed by atoms with Crippen LogP contribution in [0.2, 0.25) is 0 Å². The summed E-state index contributed by atoms with van der Waals surface area (Å²) in [5, 5.41) is 5.05. The summed E-state index contributed by atoms with van der Waals surface area (Å²) in [6.07, 6.45) is 0. The average molecular weight is 556 g/mol. The second kappa shape index (κ2) is 9.64. The molecule has 0 bridgehead atoms. The highest BCUT2D eigenvalue weighted by Gasteiger charge is 2.28. The second-order valence-electron chi connectivity index (χ2n) is 12.3. The molecule has 3 nitrogen and oxygen atoms in total. The van der Waals surface area contributed by atoms with E-state index < -0.39 is 0 Å². The van der Waals surface area contributed by atoms with Gasteiger partial charge in [0.25, 0.3) is 0 Å². The fourth-order valence-electron chi connectivity index (χ4n) is 6.88. The number of fused-ring (bicyclic) bond motifs is 6. The van der Waals surface area contributed by atoms with Crippen molar-refractivity contribution in [2.24, 2.45) is 0 Å². The molecule has 2 heterocycles. The first-order valence-electron chi connectivity index (χ1n) is 15.0. The van der Waals surface area contributed by atoms with E-state index in [1.54, 1.807) is 0 Å². The highest BCUT2D eigenvalue weighted by molar-refractivity contribution is 6.16. The topological polar surface area (TPSA) is 13.1 Å². The third-order valence-electron chi connectivity index (χ3n) is 8.53. The molecule has 0 spiro atoms. The van der Waals surface area contributed by atoms with Crippen LogP contribution in [0.15, 0.2) is 146 Å². The molecular weight excluding hydrogens is 522 g/mol. The summed E-state index contributed by atoms with van der Waals surface area (Å²) in [4.78, 5) is 2.52. The number of hydrogen-bond donors (Lipinski definition) is 0. The number of rotatable bonds is 4. The van der Waals surface area contributed by atoms with E-state index in [4.69, 9.17) is 0 Å². The van der Waals surface area contributed by atoms with Gasteiger partial charge in [-0.2, -0.15) is 0 Å². The lowest BCUT2D eigenvalue weighted by Gasteiger charge is -2.38. The normalized spacial score (nSPS) is 12.1. The van der Waals surface area contributed by atoms with Gasteiger partial charge in [-0.3, -0.25) is 0 Å². The first kappa shape index (κ1) is 25.4. The van der Waals surface area contributed by atoms with Crippen LogP contribution >= 0.6 is 0 Å². The van der Waals surface area contributed by atoms with Gasteiger partial charge in [-0.05, 0) is 81.4 Å². The minimum absolute atomic E-state index is 0.193. The molecule has 0 N–H and O–H groups in total. The molecule has 0 aliphatic rings. The van der Waals surface area contributed by atoms with E-state index in [0.29, 0.717) is 0 Å². The van der Waals surface area contributed by atoms with E-state index in [2.05, 4.69) is 180 Å². The van der Waals surface area contributed by atoms with Crippen molar-refractivity contribution >= 4 is 55.0 Å². The molecule has 8 rings (SSSR count). The maximum absolute atomic E-state index is 2.52. The summed E-state index contributed by atoms with van der Waals surface area (Å²) in [7, 11) is 0. The van der Waals surface area contributed by atoms with Crippen molar-refractivity contribution in [3.05, 3.63) is 146 Å². The number of benzene rings is 6. The fraction of sp³-hybridized carbons (Fsp3) is 0.100. The molecule has 0 aliphatic heterocycles. The summed E-state index contributed by atoms with van der Waals surface area (Å²) < 4.78 is 4.79. The molecule has 6 aromatic carbocycles. The smallest absolute Gasteiger partial charge is 0.0562 e. The molecule has 208 valence electrons. The van der Waals surface area contributed by atoms with E-state index in [1.165, 1.54) is 66.4 Å². The zero-order valence-corrected chi connectivity index (χ0v) is 24.7. The summed E-state index contributed by atoms with van der Waals surface area (Å²) >= 11 is 0. The van der Waals surface area contributed by atoms with Gasteiger partial charge in [-0.15, -0.1) is 0 Å². The Morgan fingerprint density at radius 3 is 1.60 bits per heavy atom. The van der Waals surface area contributed by atoms with Gasteiger partial charge in [-0.25, -0.2) is 0 Å². The Morgan fingerprint density at radius 2 is 0.953 bits per heavy atom. The lowest BCUT2D eigenvalue weighted by molar-refractivity contribution is 0.562. The van der Waals surface area contributed by atoms with Crippen LogP contribution in [0.5, 0.6) is 0 Å². The number of hydrogen-bond acceptors (Lipinski definition) is 1. The Bertz CT molecular complexity index is 2260. The maximum atomic E-state index is 2.52. The maximum Gasteiger partial charge on any atom is 0.0562 e. The van der Waals surface area contributed by atoms with Crippen molar-refractivity contribution < 1.29 is 0 Å². The van der Waals surface area contributed by atoms with Crippen LogP contribution in [0, 0.1) is 0 Å². The van der Waals surface area contributed by atoms with Gasteiger partial charge in [0.1, 0.15) is 0 Å². The Kier molecular flexibility index (Phi) is 5.70. The zero-order chi connectivity index (χ0) is 29.1. The second-order valence-corrected chi connectivity index (χ2v) is 12.3. The lowest BCUT2D eigenvalue weighted by Crippen LogP contribution is -2.37. The fourth-order valence-corrected chi connectivity index (χ4v) is 6.88. The monoisotopic (exact) mass is 555 g/mol. The molecular formula is C40H33N3. The quantitative estimate of drug-likeness (QED) is 0.210. The highest BCUT2D eigenvalue weighted by Crippen LogP contribution is 2.44. The molecule has 0 atom stereocenters. The molecule has 43 heavy (non-hydrogen) atoms. The summed E-state index contributed by atoms with van der Waals surface area (Å²) in [6.45, 7) is 6.91. The Labute approximate surface area is 251 Å². The van der Waals surface area contributed by atoms with Crippen LogP contribution in [0.4, 0.5) is 11.4 Å². The molecule has 0 saturated carbocycles. The van der Waals surface area contributed by atoms with Crippen molar-refractivity contribution in [3.8, 4) is 11.4 Å². The van der Waals surface area contributed by atoms with E-state index in [9.17, 15) is 0 Å². The van der Waals surface area contributed by atoms with Gasteiger partial charge >= 0.3 is 0 Å². The average Bonchev–Trinajstić information content (AvgIpc) is 3.54. The summed E-state index contributed by atoms with van der Waals surface area (Å²) in [5.74, 6) is 0. The van der Waals surface area contributed by atoms with Crippen molar-refractivity contribution in [1.82, 2.24) is 9.13 Å². The number of aromatic nitrogens is 2. The Balaban J connectivity index is 1.43. The molecule has 2 aromatic heterocycles. The van der Waals surface area contributed by atoms with Crippen molar-refractivity contribution in [1.29, 1.82) is 0 Å². The lowest BCUT2D eigenvalue weighted by atomic mass is 10.00. The van der Waals surface area contributed by atoms with Crippen molar-refractivity contribution in [2.45, 2.75) is 26.3 Å². The predicted molar refractivity (Wildman–Crippen MR) is 183 cm³/mol. The van der Waals surface area contributed by atoms with Crippen LogP contribution in [-0.2, 0) is 0 Å². The van der Waals surface area contributed by atoms with Crippen molar-refractivity contribution in [2.75, 3.05) is 4.90 Å². The van der Waals surface area contributed by atoms with Crippen LogP contribution in [0.3, 0.4) is 0 Å². The molecule has 0 unspecified atom stereocenters. The zero-order valence-electron chi connectivity index (χ0n) is 24.7.